The first-order valence-corrected chi connectivity index (χ1v) is 9.42. The van der Waals surface area contributed by atoms with Gasteiger partial charge in [-0.1, -0.05) is 25.3 Å². The lowest BCUT2D eigenvalue weighted by Gasteiger charge is -2.41. The normalized spacial score (nSPS) is 27.2. The summed E-state index contributed by atoms with van der Waals surface area (Å²) >= 11 is 0. The number of carbonyl (C=O) groups excluding carboxylic acids is 2. The molecule has 0 bridgehead atoms. The molecule has 4 rings (SSSR count). The fraction of sp³-hybridized carbons (Fsp3) is 0.600. The Hall–Kier alpha value is -1.84. The number of hydrogen-bond donors (Lipinski definition) is 0. The van der Waals surface area contributed by atoms with Gasteiger partial charge >= 0.3 is 0 Å². The van der Waals surface area contributed by atoms with E-state index < -0.39 is 0 Å². The van der Waals surface area contributed by atoms with E-state index in [1.54, 1.807) is 0 Å². The van der Waals surface area contributed by atoms with Crippen LogP contribution in [0.2, 0.25) is 0 Å². The monoisotopic (exact) mass is 326 g/mol. The van der Waals surface area contributed by atoms with E-state index in [-0.39, 0.29) is 11.8 Å². The Morgan fingerprint density at radius 1 is 1.00 bits per heavy atom. The number of fused-ring (bicyclic) bond motifs is 1. The molecule has 2 heterocycles. The lowest BCUT2D eigenvalue weighted by molar-refractivity contribution is -0.117. The van der Waals surface area contributed by atoms with Crippen LogP contribution in [0, 0.1) is 11.8 Å². The highest BCUT2D eigenvalue weighted by Gasteiger charge is 2.33. The van der Waals surface area contributed by atoms with Gasteiger partial charge in [0.05, 0.1) is 0 Å². The minimum Gasteiger partial charge on any atom is -0.338 e. The Morgan fingerprint density at radius 2 is 1.83 bits per heavy atom. The highest BCUT2D eigenvalue weighted by atomic mass is 16.2. The molecule has 0 N–H and O–H groups in total. The predicted octanol–water partition coefficient (Wildman–Crippen LogP) is 3.47. The van der Waals surface area contributed by atoms with Gasteiger partial charge < -0.3 is 9.80 Å². The fourth-order valence-corrected chi connectivity index (χ4v) is 4.70. The molecular formula is C20H26N2O2. The van der Waals surface area contributed by atoms with Crippen molar-refractivity contribution in [2.75, 3.05) is 24.5 Å². The fourth-order valence-electron chi connectivity index (χ4n) is 4.70. The van der Waals surface area contributed by atoms with E-state index in [2.05, 4.69) is 0 Å². The zero-order chi connectivity index (χ0) is 16.5. The molecule has 1 aliphatic carbocycles. The molecule has 128 valence electrons. The Balaban J connectivity index is 1.49. The van der Waals surface area contributed by atoms with E-state index in [1.807, 2.05) is 34.1 Å². The molecule has 2 atom stereocenters. The van der Waals surface area contributed by atoms with E-state index in [0.717, 1.165) is 49.6 Å². The lowest BCUT2D eigenvalue weighted by Crippen LogP contribution is -2.44. The maximum absolute atomic E-state index is 12.9. The van der Waals surface area contributed by atoms with Crippen LogP contribution in [-0.4, -0.2) is 36.3 Å². The SMILES string of the molecule is O=C(c1cccc(N2CCCC2=O)c1)N1CC[C@@H]2CCCC[C@H]2C1. The summed E-state index contributed by atoms with van der Waals surface area (Å²) in [5.41, 5.74) is 1.59. The first-order valence-electron chi connectivity index (χ1n) is 9.42. The number of rotatable bonds is 2. The molecule has 0 unspecified atom stereocenters. The molecule has 4 heteroatoms. The van der Waals surface area contributed by atoms with Crippen molar-refractivity contribution in [2.24, 2.45) is 11.8 Å². The van der Waals surface area contributed by atoms with Crippen molar-refractivity contribution in [3.63, 3.8) is 0 Å². The molecule has 0 spiro atoms. The van der Waals surface area contributed by atoms with Gasteiger partial charge in [-0.25, -0.2) is 0 Å². The summed E-state index contributed by atoms with van der Waals surface area (Å²) in [6, 6.07) is 7.63. The molecule has 1 aromatic rings. The maximum atomic E-state index is 12.9. The maximum Gasteiger partial charge on any atom is 0.253 e. The standard InChI is InChI=1S/C20H26N2O2/c23-19-9-4-11-22(19)18-8-3-7-16(13-18)20(24)21-12-10-15-5-1-2-6-17(15)14-21/h3,7-8,13,15,17H,1-2,4-6,9-12,14H2/t15-,17-/m0/s1. The number of anilines is 1. The number of amides is 2. The minimum absolute atomic E-state index is 0.132. The van der Waals surface area contributed by atoms with E-state index in [0.29, 0.717) is 12.3 Å². The molecule has 3 aliphatic rings. The molecule has 3 fully saturated rings. The van der Waals surface area contributed by atoms with Crippen molar-refractivity contribution in [3.8, 4) is 0 Å². The summed E-state index contributed by atoms with van der Waals surface area (Å²) < 4.78 is 0. The molecule has 24 heavy (non-hydrogen) atoms. The summed E-state index contributed by atoms with van der Waals surface area (Å²) in [5, 5.41) is 0. The number of nitrogens with zero attached hydrogens (tertiary/aromatic N) is 2. The smallest absolute Gasteiger partial charge is 0.253 e. The molecule has 2 saturated heterocycles. The van der Waals surface area contributed by atoms with Crippen LogP contribution >= 0.6 is 0 Å². The largest absolute Gasteiger partial charge is 0.338 e. The van der Waals surface area contributed by atoms with Gasteiger partial charge in [0.25, 0.3) is 5.91 Å². The van der Waals surface area contributed by atoms with Gasteiger partial charge in [0.15, 0.2) is 0 Å². The molecule has 2 amide bonds. The van der Waals surface area contributed by atoms with Crippen molar-refractivity contribution in [3.05, 3.63) is 29.8 Å². The molecule has 2 aliphatic heterocycles. The number of hydrogen-bond acceptors (Lipinski definition) is 2. The highest BCUT2D eigenvalue weighted by molar-refractivity contribution is 5.99. The van der Waals surface area contributed by atoms with Crippen molar-refractivity contribution >= 4 is 17.5 Å². The quantitative estimate of drug-likeness (QED) is 0.835. The number of benzene rings is 1. The van der Waals surface area contributed by atoms with Crippen LogP contribution in [0.4, 0.5) is 5.69 Å². The first-order chi connectivity index (χ1) is 11.7. The number of likely N-dealkylation sites (tertiary alicyclic amines) is 1. The van der Waals surface area contributed by atoms with E-state index in [1.165, 1.54) is 25.7 Å². The predicted molar refractivity (Wildman–Crippen MR) is 94.0 cm³/mol. The van der Waals surface area contributed by atoms with Crippen LogP contribution < -0.4 is 4.90 Å². The average molecular weight is 326 g/mol. The molecule has 4 nitrogen and oxygen atoms in total. The van der Waals surface area contributed by atoms with Gasteiger partial charge in [0.1, 0.15) is 0 Å². The molecule has 0 aromatic heterocycles. The van der Waals surface area contributed by atoms with E-state index >= 15 is 0 Å². The van der Waals surface area contributed by atoms with Crippen LogP contribution in [0.15, 0.2) is 24.3 Å². The minimum atomic E-state index is 0.132. The van der Waals surface area contributed by atoms with E-state index in [4.69, 9.17) is 0 Å². The Labute approximate surface area is 143 Å². The van der Waals surface area contributed by atoms with Crippen LogP contribution in [-0.2, 0) is 4.79 Å². The van der Waals surface area contributed by atoms with Gasteiger partial charge in [-0.2, -0.15) is 0 Å². The third-order valence-electron chi connectivity index (χ3n) is 6.06. The van der Waals surface area contributed by atoms with Crippen LogP contribution in [0.5, 0.6) is 0 Å². The summed E-state index contributed by atoms with van der Waals surface area (Å²) in [5.74, 6) is 1.83. The topological polar surface area (TPSA) is 40.6 Å². The van der Waals surface area contributed by atoms with Gasteiger partial charge in [0, 0.05) is 37.3 Å². The van der Waals surface area contributed by atoms with Gasteiger partial charge in [-0.15, -0.1) is 0 Å². The highest BCUT2D eigenvalue weighted by Crippen LogP contribution is 2.36. The number of piperidine rings is 1. The van der Waals surface area contributed by atoms with Crippen molar-refractivity contribution in [2.45, 2.75) is 44.9 Å². The van der Waals surface area contributed by atoms with Crippen LogP contribution in [0.25, 0.3) is 0 Å². The summed E-state index contributed by atoms with van der Waals surface area (Å²) in [4.78, 5) is 28.7. The zero-order valence-electron chi connectivity index (χ0n) is 14.2. The number of carbonyl (C=O) groups is 2. The van der Waals surface area contributed by atoms with Crippen molar-refractivity contribution in [1.29, 1.82) is 0 Å². The molecule has 0 radical (unpaired) electrons. The van der Waals surface area contributed by atoms with Crippen molar-refractivity contribution in [1.82, 2.24) is 4.90 Å². The Kier molecular flexibility index (Phi) is 4.30. The Bertz CT molecular complexity index is 642. The lowest BCUT2D eigenvalue weighted by atomic mass is 9.75. The van der Waals surface area contributed by atoms with Crippen LogP contribution in [0.1, 0.15) is 55.3 Å². The van der Waals surface area contributed by atoms with E-state index in [9.17, 15) is 9.59 Å². The summed E-state index contributed by atoms with van der Waals surface area (Å²) in [6.07, 6.45) is 7.98. The summed E-state index contributed by atoms with van der Waals surface area (Å²) in [7, 11) is 0. The zero-order valence-corrected chi connectivity index (χ0v) is 14.2. The molecule has 1 aromatic carbocycles. The molecule has 1 saturated carbocycles. The van der Waals surface area contributed by atoms with Crippen LogP contribution in [0.3, 0.4) is 0 Å². The second-order valence-corrected chi connectivity index (χ2v) is 7.54. The van der Waals surface area contributed by atoms with Gasteiger partial charge in [0.2, 0.25) is 5.91 Å². The van der Waals surface area contributed by atoms with Gasteiger partial charge in [-0.3, -0.25) is 9.59 Å². The van der Waals surface area contributed by atoms with Crippen molar-refractivity contribution < 1.29 is 9.59 Å². The summed E-state index contributed by atoms with van der Waals surface area (Å²) in [6.45, 7) is 2.56. The Morgan fingerprint density at radius 3 is 2.62 bits per heavy atom. The second kappa shape index (κ2) is 6.58. The first kappa shape index (κ1) is 15.7. The van der Waals surface area contributed by atoms with Gasteiger partial charge in [-0.05, 0) is 49.3 Å². The second-order valence-electron chi connectivity index (χ2n) is 7.54. The third kappa shape index (κ3) is 2.94. The third-order valence-corrected chi connectivity index (χ3v) is 6.06. The average Bonchev–Trinajstić information content (AvgIpc) is 3.07. The molecular weight excluding hydrogens is 300 g/mol.